The van der Waals surface area contributed by atoms with Gasteiger partial charge in [0.15, 0.2) is 17.1 Å². The molecule has 0 aliphatic carbocycles. The Morgan fingerprint density at radius 3 is 2.42 bits per heavy atom. The van der Waals surface area contributed by atoms with Gasteiger partial charge < -0.3 is 13.3 Å². The molecule has 0 atom stereocenters. The molecule has 0 radical (unpaired) electrons. The lowest BCUT2D eigenvalue weighted by Gasteiger charge is -2.11. The number of rotatable bonds is 7. The van der Waals surface area contributed by atoms with Crippen molar-refractivity contribution in [3.63, 3.8) is 0 Å². The molecule has 0 N–H and O–H groups in total. The normalized spacial score (nSPS) is 12.1. The number of carbonyl (C=O) groups is 1. The Labute approximate surface area is 211 Å². The molecule has 0 fully saturated rings. The van der Waals surface area contributed by atoms with Gasteiger partial charge in [0.05, 0.1) is 22.7 Å². The number of para-hydroxylation sites is 1. The van der Waals surface area contributed by atoms with Gasteiger partial charge in [-0.1, -0.05) is 35.3 Å². The van der Waals surface area contributed by atoms with Crippen molar-refractivity contribution in [2.75, 3.05) is 7.11 Å². The van der Waals surface area contributed by atoms with Crippen molar-refractivity contribution < 1.29 is 39.7 Å². The summed E-state index contributed by atoms with van der Waals surface area (Å²) in [7, 11) is -4.65. The summed E-state index contributed by atoms with van der Waals surface area (Å²) in [4.78, 5) is 21.1. The number of fused-ring (bicyclic) bond motifs is 1. The van der Waals surface area contributed by atoms with Crippen molar-refractivity contribution >= 4 is 50.1 Å². The summed E-state index contributed by atoms with van der Waals surface area (Å²) < 4.78 is 77.0. The maximum absolute atomic E-state index is 13.2. The Balaban J connectivity index is 1.82. The second-order valence-electron chi connectivity index (χ2n) is 7.20. The molecule has 8 nitrogen and oxygen atoms in total. The molecule has 3 aromatic heterocycles. The van der Waals surface area contributed by atoms with Crippen molar-refractivity contribution in [2.24, 2.45) is 0 Å². The molecular formula is C22H13Cl2F3N2O6S. The molecule has 3 heterocycles. The lowest BCUT2D eigenvalue weighted by Crippen LogP contribution is -2.28. The molecule has 0 amide bonds. The lowest BCUT2D eigenvalue weighted by molar-refractivity contribution is -0.0499. The van der Waals surface area contributed by atoms with Crippen LogP contribution in [0.1, 0.15) is 15.9 Å². The van der Waals surface area contributed by atoms with E-state index in [9.17, 15) is 26.4 Å². The number of carbonyl (C=O) groups excluding carboxylic acids is 1. The highest BCUT2D eigenvalue weighted by Crippen LogP contribution is 2.40. The highest BCUT2D eigenvalue weighted by Gasteiger charge is 2.48. The van der Waals surface area contributed by atoms with Gasteiger partial charge in [-0.2, -0.15) is 21.6 Å². The fourth-order valence-electron chi connectivity index (χ4n) is 3.27. The summed E-state index contributed by atoms with van der Waals surface area (Å²) in [5.74, 6) is -1.21. The van der Waals surface area contributed by atoms with Gasteiger partial charge in [-0.05, 0) is 18.2 Å². The molecule has 188 valence electrons. The molecule has 4 aromatic rings. The molecule has 0 bridgehead atoms. The smallest absolute Gasteiger partial charge is 0.478 e. The van der Waals surface area contributed by atoms with Crippen LogP contribution in [0, 0.1) is 0 Å². The van der Waals surface area contributed by atoms with Crippen LogP contribution in [0.2, 0.25) is 10.0 Å². The summed E-state index contributed by atoms with van der Waals surface area (Å²) in [6, 6.07) is 6.37. The van der Waals surface area contributed by atoms with E-state index in [-0.39, 0.29) is 50.2 Å². The number of halogens is 5. The number of alkyl halides is 3. The second kappa shape index (κ2) is 9.60. The van der Waals surface area contributed by atoms with E-state index in [2.05, 4.69) is 14.2 Å². The van der Waals surface area contributed by atoms with Gasteiger partial charge in [-0.15, -0.1) is 0 Å². The Morgan fingerprint density at radius 1 is 1.11 bits per heavy atom. The molecule has 0 aliphatic rings. The third-order valence-electron chi connectivity index (χ3n) is 4.95. The second-order valence-corrected chi connectivity index (χ2v) is 9.55. The van der Waals surface area contributed by atoms with Crippen molar-refractivity contribution in [1.82, 2.24) is 9.97 Å². The van der Waals surface area contributed by atoms with Gasteiger partial charge in [0, 0.05) is 41.5 Å². The number of methoxy groups -OCH3 is 1. The van der Waals surface area contributed by atoms with E-state index < -0.39 is 27.2 Å². The molecule has 0 spiro atoms. The predicted octanol–water partition coefficient (Wildman–Crippen LogP) is 5.86. The largest absolute Gasteiger partial charge is 0.534 e. The van der Waals surface area contributed by atoms with E-state index >= 15 is 0 Å². The van der Waals surface area contributed by atoms with Gasteiger partial charge in [0.2, 0.25) is 0 Å². The molecule has 0 saturated heterocycles. The summed E-state index contributed by atoms with van der Waals surface area (Å²) in [5.41, 5.74) is -5.36. The minimum Gasteiger partial charge on any atom is -0.478 e. The van der Waals surface area contributed by atoms with Crippen molar-refractivity contribution in [1.29, 1.82) is 0 Å². The first-order valence-corrected chi connectivity index (χ1v) is 12.0. The monoisotopic (exact) mass is 560 g/mol. The standard InChI is InChI=1S/C22H13Cl2F3N2O6S/c1-33-21-20-12(14(8-29-21)17(30)6-13-15(23)9-28-10-16(13)24)7-19(34-20)11-4-2-3-5-18(11)35-36(31,32)22(25,26)27/h2-5,7-10H,6H2,1H3. The van der Waals surface area contributed by atoms with E-state index in [1.807, 2.05) is 0 Å². The van der Waals surface area contributed by atoms with Gasteiger partial charge >= 0.3 is 15.6 Å². The number of hydrogen-bond donors (Lipinski definition) is 0. The number of nitrogens with zero attached hydrogens (tertiary/aromatic N) is 2. The van der Waals surface area contributed by atoms with Gasteiger partial charge in [-0.25, -0.2) is 4.98 Å². The summed E-state index contributed by atoms with van der Waals surface area (Å²) in [6.45, 7) is 0. The predicted molar refractivity (Wildman–Crippen MR) is 124 cm³/mol. The van der Waals surface area contributed by atoms with Crippen LogP contribution in [0.3, 0.4) is 0 Å². The Kier molecular flexibility index (Phi) is 6.86. The zero-order valence-electron chi connectivity index (χ0n) is 18.0. The minimum absolute atomic E-state index is 0.00115. The van der Waals surface area contributed by atoms with E-state index in [0.717, 1.165) is 6.07 Å². The van der Waals surface area contributed by atoms with Crippen LogP contribution in [-0.4, -0.2) is 36.8 Å². The molecule has 0 aliphatic heterocycles. The Bertz CT molecular complexity index is 1570. The van der Waals surface area contributed by atoms with E-state index in [1.165, 1.54) is 50.0 Å². The van der Waals surface area contributed by atoms with Crippen LogP contribution in [0.15, 0.2) is 53.3 Å². The average molecular weight is 561 g/mol. The number of ketones is 1. The van der Waals surface area contributed by atoms with Crippen LogP contribution in [0.4, 0.5) is 13.2 Å². The maximum atomic E-state index is 13.2. The quantitative estimate of drug-likeness (QED) is 0.157. The number of ether oxygens (including phenoxy) is 1. The van der Waals surface area contributed by atoms with Crippen LogP contribution in [0.5, 0.6) is 11.6 Å². The summed E-state index contributed by atoms with van der Waals surface area (Å²) >= 11 is 12.2. The van der Waals surface area contributed by atoms with Gasteiger partial charge in [-0.3, -0.25) is 9.78 Å². The van der Waals surface area contributed by atoms with E-state index in [4.69, 9.17) is 32.4 Å². The van der Waals surface area contributed by atoms with Crippen LogP contribution in [-0.2, 0) is 16.5 Å². The molecule has 0 saturated carbocycles. The third-order valence-corrected chi connectivity index (χ3v) is 6.56. The van der Waals surface area contributed by atoms with Gasteiger partial charge in [0.1, 0.15) is 5.76 Å². The van der Waals surface area contributed by atoms with Crippen LogP contribution < -0.4 is 8.92 Å². The zero-order chi connectivity index (χ0) is 26.3. The number of benzene rings is 1. The third kappa shape index (κ3) is 4.84. The lowest BCUT2D eigenvalue weighted by atomic mass is 10.0. The number of aromatic nitrogens is 2. The Morgan fingerprint density at radius 2 is 1.78 bits per heavy atom. The summed E-state index contributed by atoms with van der Waals surface area (Å²) in [5, 5.41) is 0.563. The number of Topliss-reactive ketones (excluding diaryl/α,β-unsaturated/α-hetero) is 1. The molecular weight excluding hydrogens is 548 g/mol. The molecule has 1 aromatic carbocycles. The van der Waals surface area contributed by atoms with Crippen molar-refractivity contribution in [3.05, 3.63) is 70.1 Å². The fraction of sp³-hybridized carbons (Fsp3) is 0.136. The average Bonchev–Trinajstić information content (AvgIpc) is 3.25. The van der Waals surface area contributed by atoms with Crippen LogP contribution in [0.25, 0.3) is 22.3 Å². The van der Waals surface area contributed by atoms with Gasteiger partial charge in [0.25, 0.3) is 5.88 Å². The van der Waals surface area contributed by atoms with Crippen molar-refractivity contribution in [2.45, 2.75) is 11.9 Å². The molecule has 4 rings (SSSR count). The SMILES string of the molecule is COc1ncc(C(=O)Cc2c(Cl)cncc2Cl)c2cc(-c3ccccc3OS(=O)(=O)C(F)(F)F)oc12. The number of pyridine rings is 2. The fourth-order valence-corrected chi connectivity index (χ4v) is 4.25. The van der Waals surface area contributed by atoms with E-state index in [1.54, 1.807) is 0 Å². The number of hydrogen-bond acceptors (Lipinski definition) is 8. The molecule has 0 unspecified atom stereocenters. The van der Waals surface area contributed by atoms with Crippen molar-refractivity contribution in [3.8, 4) is 23.0 Å². The maximum Gasteiger partial charge on any atom is 0.534 e. The van der Waals surface area contributed by atoms with E-state index in [0.29, 0.717) is 5.56 Å². The number of furan rings is 1. The Hall–Kier alpha value is -3.35. The molecule has 14 heteroatoms. The summed E-state index contributed by atoms with van der Waals surface area (Å²) in [6.07, 6.45) is 3.69. The first-order valence-electron chi connectivity index (χ1n) is 9.80. The zero-order valence-corrected chi connectivity index (χ0v) is 20.3. The first kappa shape index (κ1) is 25.7. The molecule has 36 heavy (non-hydrogen) atoms. The highest BCUT2D eigenvalue weighted by atomic mass is 35.5. The highest BCUT2D eigenvalue weighted by molar-refractivity contribution is 7.88. The van der Waals surface area contributed by atoms with Crippen LogP contribution >= 0.6 is 23.2 Å². The minimum atomic E-state index is -5.95. The topological polar surface area (TPSA) is 109 Å². The first-order chi connectivity index (χ1) is 16.9.